The third-order valence-electron chi connectivity index (χ3n) is 4.07. The number of aromatic nitrogens is 4. The SMILES string of the molecule is COC(=O)c1ccccc1NC(=O)CSc1nnnn1C1CCCC1. The maximum absolute atomic E-state index is 12.2. The number of anilines is 1. The summed E-state index contributed by atoms with van der Waals surface area (Å²) in [5.41, 5.74) is 0.745. The van der Waals surface area contributed by atoms with Gasteiger partial charge in [0.25, 0.3) is 0 Å². The van der Waals surface area contributed by atoms with Crippen molar-refractivity contribution < 1.29 is 14.3 Å². The van der Waals surface area contributed by atoms with Crippen molar-refractivity contribution in [3.05, 3.63) is 29.8 Å². The fourth-order valence-electron chi connectivity index (χ4n) is 2.85. The van der Waals surface area contributed by atoms with E-state index >= 15 is 0 Å². The van der Waals surface area contributed by atoms with Crippen LogP contribution in [0.25, 0.3) is 0 Å². The van der Waals surface area contributed by atoms with Crippen molar-refractivity contribution in [2.45, 2.75) is 36.9 Å². The van der Waals surface area contributed by atoms with Gasteiger partial charge in [0, 0.05) is 0 Å². The average molecular weight is 361 g/mol. The van der Waals surface area contributed by atoms with Crippen LogP contribution >= 0.6 is 11.8 Å². The van der Waals surface area contributed by atoms with E-state index in [-0.39, 0.29) is 11.7 Å². The molecule has 8 nitrogen and oxygen atoms in total. The second-order valence-electron chi connectivity index (χ2n) is 5.72. The summed E-state index contributed by atoms with van der Waals surface area (Å²) in [5, 5.41) is 15.2. The number of hydrogen-bond donors (Lipinski definition) is 1. The Bertz CT molecular complexity index is 758. The molecule has 1 N–H and O–H groups in total. The normalized spacial score (nSPS) is 14.4. The van der Waals surface area contributed by atoms with Crippen LogP contribution in [-0.2, 0) is 9.53 Å². The van der Waals surface area contributed by atoms with Crippen molar-refractivity contribution >= 4 is 29.3 Å². The fraction of sp³-hybridized carbons (Fsp3) is 0.438. The van der Waals surface area contributed by atoms with Crippen LogP contribution in [0.15, 0.2) is 29.4 Å². The number of methoxy groups -OCH3 is 1. The third-order valence-corrected chi connectivity index (χ3v) is 5.01. The average Bonchev–Trinajstić information content (AvgIpc) is 3.30. The number of thioether (sulfide) groups is 1. The van der Waals surface area contributed by atoms with E-state index in [1.165, 1.54) is 31.7 Å². The molecule has 0 saturated heterocycles. The molecule has 0 aliphatic heterocycles. The molecule has 1 fully saturated rings. The second kappa shape index (κ2) is 8.11. The number of rotatable bonds is 6. The number of amides is 1. The first-order chi connectivity index (χ1) is 12.2. The Morgan fingerprint density at radius 2 is 2.08 bits per heavy atom. The van der Waals surface area contributed by atoms with Crippen LogP contribution in [0, 0.1) is 0 Å². The van der Waals surface area contributed by atoms with Gasteiger partial charge in [-0.05, 0) is 35.4 Å². The number of carbonyl (C=O) groups is 2. The minimum Gasteiger partial charge on any atom is -0.465 e. The minimum atomic E-state index is -0.492. The highest BCUT2D eigenvalue weighted by Crippen LogP contribution is 2.31. The molecule has 1 aliphatic carbocycles. The Hall–Kier alpha value is -2.42. The van der Waals surface area contributed by atoms with Gasteiger partial charge in [-0.2, -0.15) is 0 Å². The topological polar surface area (TPSA) is 99.0 Å². The highest BCUT2D eigenvalue weighted by Gasteiger charge is 2.22. The van der Waals surface area contributed by atoms with Crippen molar-refractivity contribution in [1.29, 1.82) is 0 Å². The van der Waals surface area contributed by atoms with Crippen molar-refractivity contribution in [1.82, 2.24) is 20.2 Å². The van der Waals surface area contributed by atoms with Gasteiger partial charge >= 0.3 is 5.97 Å². The zero-order valence-corrected chi connectivity index (χ0v) is 14.7. The van der Waals surface area contributed by atoms with Gasteiger partial charge < -0.3 is 10.1 Å². The summed E-state index contributed by atoms with van der Waals surface area (Å²) in [7, 11) is 1.31. The molecule has 132 valence electrons. The van der Waals surface area contributed by atoms with Gasteiger partial charge in [0.2, 0.25) is 11.1 Å². The first kappa shape index (κ1) is 17.4. The second-order valence-corrected chi connectivity index (χ2v) is 6.66. The molecule has 9 heteroatoms. The molecule has 0 spiro atoms. The molecule has 1 aliphatic rings. The smallest absolute Gasteiger partial charge is 0.339 e. The van der Waals surface area contributed by atoms with Crippen molar-refractivity contribution in [2.24, 2.45) is 0 Å². The summed E-state index contributed by atoms with van der Waals surface area (Å²) in [4.78, 5) is 24.0. The van der Waals surface area contributed by atoms with Crippen molar-refractivity contribution in [3.8, 4) is 0 Å². The van der Waals surface area contributed by atoms with Crippen molar-refractivity contribution in [2.75, 3.05) is 18.2 Å². The largest absolute Gasteiger partial charge is 0.465 e. The fourth-order valence-corrected chi connectivity index (χ4v) is 3.60. The molecule has 3 rings (SSSR count). The summed E-state index contributed by atoms with van der Waals surface area (Å²) in [6, 6.07) is 7.05. The monoisotopic (exact) mass is 361 g/mol. The maximum atomic E-state index is 12.2. The zero-order valence-electron chi connectivity index (χ0n) is 13.8. The third kappa shape index (κ3) is 4.16. The molecular weight excluding hydrogens is 342 g/mol. The predicted octanol–water partition coefficient (Wildman–Crippen LogP) is 2.31. The molecule has 2 aromatic rings. The zero-order chi connectivity index (χ0) is 17.6. The lowest BCUT2D eigenvalue weighted by Gasteiger charge is -2.11. The first-order valence-electron chi connectivity index (χ1n) is 8.07. The van der Waals surface area contributed by atoms with Gasteiger partial charge in [-0.25, -0.2) is 9.48 Å². The van der Waals surface area contributed by atoms with Crippen LogP contribution in [-0.4, -0.2) is 44.9 Å². The summed E-state index contributed by atoms with van der Waals surface area (Å²) in [6.07, 6.45) is 4.49. The molecule has 25 heavy (non-hydrogen) atoms. The quantitative estimate of drug-likeness (QED) is 0.622. The van der Waals surface area contributed by atoms with E-state index in [2.05, 4.69) is 20.8 Å². The number of benzene rings is 1. The van der Waals surface area contributed by atoms with E-state index in [1.807, 2.05) is 4.68 Å². The number of ether oxygens (including phenoxy) is 1. The van der Waals surface area contributed by atoms with Crippen molar-refractivity contribution in [3.63, 3.8) is 0 Å². The number of para-hydroxylation sites is 1. The van der Waals surface area contributed by atoms with Gasteiger partial charge in [0.1, 0.15) is 0 Å². The molecule has 0 bridgehead atoms. The standard InChI is InChI=1S/C16H19N5O3S/c1-24-15(23)12-8-4-5-9-13(12)17-14(22)10-25-16-18-19-20-21(16)11-6-2-3-7-11/h4-5,8-9,11H,2-3,6-7,10H2,1H3,(H,17,22). The maximum Gasteiger partial charge on any atom is 0.339 e. The molecule has 1 saturated carbocycles. The van der Waals surface area contributed by atoms with Gasteiger partial charge in [-0.15, -0.1) is 5.10 Å². The Kier molecular flexibility index (Phi) is 5.64. The lowest BCUT2D eigenvalue weighted by molar-refractivity contribution is -0.113. The molecular formula is C16H19N5O3S. The number of tetrazole rings is 1. The van der Waals surface area contributed by atoms with Gasteiger partial charge in [0.05, 0.1) is 30.2 Å². The van der Waals surface area contributed by atoms with Crippen LogP contribution in [0.3, 0.4) is 0 Å². The Balaban J connectivity index is 1.61. The Morgan fingerprint density at radius 1 is 1.32 bits per heavy atom. The Labute approximate surface area is 149 Å². The Morgan fingerprint density at radius 3 is 2.84 bits per heavy atom. The van der Waals surface area contributed by atoms with E-state index in [9.17, 15) is 9.59 Å². The number of nitrogens with zero attached hydrogens (tertiary/aromatic N) is 4. The van der Waals surface area contributed by atoms with E-state index in [0.717, 1.165) is 12.8 Å². The molecule has 0 radical (unpaired) electrons. The van der Waals surface area contributed by atoms with Gasteiger partial charge in [0.15, 0.2) is 0 Å². The molecule has 1 amide bonds. The van der Waals surface area contributed by atoms with Crippen LogP contribution in [0.5, 0.6) is 0 Å². The molecule has 0 unspecified atom stereocenters. The summed E-state index contributed by atoms with van der Waals surface area (Å²) < 4.78 is 6.54. The van der Waals surface area contributed by atoms with Crippen LogP contribution in [0.4, 0.5) is 5.69 Å². The van der Waals surface area contributed by atoms with Crippen LogP contribution in [0.2, 0.25) is 0 Å². The first-order valence-corrected chi connectivity index (χ1v) is 9.05. The summed E-state index contributed by atoms with van der Waals surface area (Å²) >= 11 is 1.29. The summed E-state index contributed by atoms with van der Waals surface area (Å²) in [6.45, 7) is 0. The lowest BCUT2D eigenvalue weighted by Crippen LogP contribution is -2.17. The molecule has 1 aromatic heterocycles. The minimum absolute atomic E-state index is 0.155. The van der Waals surface area contributed by atoms with Crippen LogP contribution < -0.4 is 5.32 Å². The predicted molar refractivity (Wildman–Crippen MR) is 92.5 cm³/mol. The van der Waals surface area contributed by atoms with Gasteiger partial charge in [-0.3, -0.25) is 4.79 Å². The molecule has 1 heterocycles. The highest BCUT2D eigenvalue weighted by molar-refractivity contribution is 7.99. The summed E-state index contributed by atoms with van der Waals surface area (Å²) in [5.74, 6) is -0.571. The number of hydrogen-bond acceptors (Lipinski definition) is 7. The van der Waals surface area contributed by atoms with Gasteiger partial charge in [-0.1, -0.05) is 36.7 Å². The van der Waals surface area contributed by atoms with E-state index in [4.69, 9.17) is 4.74 Å². The van der Waals surface area contributed by atoms with E-state index in [0.29, 0.717) is 22.4 Å². The van der Waals surface area contributed by atoms with E-state index < -0.39 is 5.97 Å². The highest BCUT2D eigenvalue weighted by atomic mass is 32.2. The number of nitrogens with one attached hydrogen (secondary N) is 1. The molecule has 0 atom stereocenters. The number of esters is 1. The number of carbonyl (C=O) groups excluding carboxylic acids is 2. The lowest BCUT2D eigenvalue weighted by atomic mass is 10.2. The van der Waals surface area contributed by atoms with E-state index in [1.54, 1.807) is 24.3 Å². The van der Waals surface area contributed by atoms with Crippen LogP contribution in [0.1, 0.15) is 42.1 Å². The molecule has 1 aromatic carbocycles.